The lowest BCUT2D eigenvalue weighted by Gasteiger charge is -2.32. The summed E-state index contributed by atoms with van der Waals surface area (Å²) in [6, 6.07) is 9.60. The second-order valence-corrected chi connectivity index (χ2v) is 11.6. The minimum atomic E-state index is -4.62. The number of carboxylic acid groups (broad SMARTS) is 1. The topological polar surface area (TPSA) is 109 Å². The fraction of sp³-hybridized carbons (Fsp3) is 0.250. The molecule has 2 aromatic carbocycles. The maximum Gasteiger partial charge on any atom is 0.417 e. The van der Waals surface area contributed by atoms with E-state index in [9.17, 15) is 32.3 Å². The normalized spacial score (nSPS) is 14.5. The van der Waals surface area contributed by atoms with Crippen LogP contribution in [0.25, 0.3) is 27.8 Å². The van der Waals surface area contributed by atoms with Crippen molar-refractivity contribution in [2.45, 2.75) is 12.7 Å². The van der Waals surface area contributed by atoms with Crippen LogP contribution in [0.15, 0.2) is 72.0 Å². The number of halogens is 5. The number of anilines is 2. The molecule has 0 amide bonds. The molecule has 3 aromatic heterocycles. The largest absolute Gasteiger partial charge is 0.477 e. The van der Waals surface area contributed by atoms with E-state index in [-0.39, 0.29) is 27.7 Å². The Bertz CT molecular complexity index is 2040. The van der Waals surface area contributed by atoms with Gasteiger partial charge in [0, 0.05) is 80.7 Å². The van der Waals surface area contributed by atoms with Gasteiger partial charge in [-0.2, -0.15) is 18.2 Å². The summed E-state index contributed by atoms with van der Waals surface area (Å²) in [6.07, 6.45) is 0.173. The minimum absolute atomic E-state index is 0.0195. The number of rotatable bonds is 8. The van der Waals surface area contributed by atoms with E-state index in [0.29, 0.717) is 29.9 Å². The van der Waals surface area contributed by atoms with Crippen LogP contribution in [-0.4, -0.2) is 79.7 Å². The number of nitrogens with zero attached hydrogens (tertiary/aromatic N) is 6. The molecular formula is C32H28ClF4N7O3. The lowest BCUT2D eigenvalue weighted by molar-refractivity contribution is -0.137. The van der Waals surface area contributed by atoms with Crippen molar-refractivity contribution in [1.29, 1.82) is 0 Å². The molecule has 15 heteroatoms. The summed E-state index contributed by atoms with van der Waals surface area (Å²) < 4.78 is 57.2. The Morgan fingerprint density at radius 1 is 1.04 bits per heavy atom. The first-order chi connectivity index (χ1) is 22.4. The molecule has 0 unspecified atom stereocenters. The first kappa shape index (κ1) is 32.2. The van der Waals surface area contributed by atoms with Crippen LogP contribution in [0.2, 0.25) is 5.02 Å². The van der Waals surface area contributed by atoms with Crippen LogP contribution in [-0.2, 0) is 12.7 Å². The molecule has 0 bridgehead atoms. The van der Waals surface area contributed by atoms with Crippen molar-refractivity contribution < 1.29 is 27.5 Å². The van der Waals surface area contributed by atoms with Gasteiger partial charge in [-0.05, 0) is 49.0 Å². The molecule has 0 spiro atoms. The van der Waals surface area contributed by atoms with Crippen LogP contribution in [0.4, 0.5) is 29.2 Å². The first-order valence-electron chi connectivity index (χ1n) is 14.5. The summed E-state index contributed by atoms with van der Waals surface area (Å²) in [5, 5.41) is 12.7. The zero-order valence-electron chi connectivity index (χ0n) is 24.9. The Morgan fingerprint density at radius 2 is 1.81 bits per heavy atom. The molecule has 4 heterocycles. The third-order valence-electron chi connectivity index (χ3n) is 8.08. The highest BCUT2D eigenvalue weighted by molar-refractivity contribution is 6.31. The van der Waals surface area contributed by atoms with Gasteiger partial charge in [0.25, 0.3) is 0 Å². The van der Waals surface area contributed by atoms with Gasteiger partial charge in [-0.25, -0.2) is 14.2 Å². The number of carboxylic acids is 1. The first-order valence-corrected chi connectivity index (χ1v) is 14.9. The highest BCUT2D eigenvalue weighted by atomic mass is 35.5. The van der Waals surface area contributed by atoms with Crippen LogP contribution < -0.4 is 10.7 Å². The molecule has 6 rings (SSSR count). The fourth-order valence-electron chi connectivity index (χ4n) is 5.46. The third-order valence-corrected chi connectivity index (χ3v) is 8.37. The van der Waals surface area contributed by atoms with Crippen LogP contribution in [0.5, 0.6) is 0 Å². The van der Waals surface area contributed by atoms with Crippen molar-refractivity contribution in [3.05, 3.63) is 99.4 Å². The lowest BCUT2D eigenvalue weighted by atomic mass is 10.0. The van der Waals surface area contributed by atoms with Crippen LogP contribution in [0.1, 0.15) is 15.9 Å². The molecule has 10 nitrogen and oxygen atoms in total. The summed E-state index contributed by atoms with van der Waals surface area (Å²) in [4.78, 5) is 38.8. The summed E-state index contributed by atoms with van der Waals surface area (Å²) in [5.74, 6) is -1.99. The van der Waals surface area contributed by atoms with Gasteiger partial charge in [-0.15, -0.1) is 0 Å². The second kappa shape index (κ2) is 12.8. The number of pyridine rings is 1. The highest BCUT2D eigenvalue weighted by Gasteiger charge is 2.32. The van der Waals surface area contributed by atoms with Crippen molar-refractivity contribution >= 4 is 40.1 Å². The Hall–Kier alpha value is -4.79. The number of hydrogen-bond donors (Lipinski definition) is 2. The molecule has 2 N–H and O–H groups in total. The molecular weight excluding hydrogens is 642 g/mol. The maximum atomic E-state index is 13.7. The second-order valence-electron chi connectivity index (χ2n) is 11.2. The molecule has 0 radical (unpaired) electrons. The van der Waals surface area contributed by atoms with Crippen LogP contribution in [0, 0.1) is 5.82 Å². The number of aromatic nitrogens is 4. The number of carbonyl (C=O) groups is 1. The quantitative estimate of drug-likeness (QED) is 0.201. The molecule has 1 fully saturated rings. The molecule has 1 aliphatic rings. The average molecular weight is 670 g/mol. The Morgan fingerprint density at radius 3 is 2.49 bits per heavy atom. The Kier molecular flexibility index (Phi) is 8.74. The van der Waals surface area contributed by atoms with E-state index in [2.05, 4.69) is 32.1 Å². The SMILES string of the molecule is CN1CCN(CCn2cc(C(=O)O)c(=O)c3cc(-c4cnc(Nc5ccc(F)c(Cl)c5)nc4-n4ccc(C(F)(F)F)c4)ccc32)CC1. The van der Waals surface area contributed by atoms with Crippen molar-refractivity contribution in [3.8, 4) is 16.9 Å². The highest BCUT2D eigenvalue weighted by Crippen LogP contribution is 2.33. The van der Waals surface area contributed by atoms with Crippen LogP contribution in [0.3, 0.4) is 0 Å². The molecule has 5 aromatic rings. The van der Waals surface area contributed by atoms with Gasteiger partial charge in [0.2, 0.25) is 11.4 Å². The molecule has 0 aliphatic carbocycles. The Labute approximate surface area is 270 Å². The molecule has 1 aliphatic heterocycles. The van der Waals surface area contributed by atoms with Gasteiger partial charge in [0.1, 0.15) is 17.2 Å². The number of piperazine rings is 1. The number of likely N-dealkylation sites (N-methyl/N-ethyl adjacent to an activating group) is 1. The van der Waals surface area contributed by atoms with Gasteiger partial charge in [0.15, 0.2) is 0 Å². The van der Waals surface area contributed by atoms with Gasteiger partial charge < -0.3 is 24.5 Å². The predicted molar refractivity (Wildman–Crippen MR) is 169 cm³/mol. The van der Waals surface area contributed by atoms with Gasteiger partial charge in [-0.1, -0.05) is 17.7 Å². The van der Waals surface area contributed by atoms with E-state index in [4.69, 9.17) is 11.6 Å². The van der Waals surface area contributed by atoms with Gasteiger partial charge >= 0.3 is 12.1 Å². The number of fused-ring (bicyclic) bond motifs is 1. The smallest absolute Gasteiger partial charge is 0.417 e. The Balaban J connectivity index is 1.43. The molecule has 244 valence electrons. The van der Waals surface area contributed by atoms with Crippen molar-refractivity contribution in [3.63, 3.8) is 0 Å². The van der Waals surface area contributed by atoms with E-state index in [1.807, 2.05) is 0 Å². The molecule has 0 atom stereocenters. The number of alkyl halides is 3. The minimum Gasteiger partial charge on any atom is -0.477 e. The fourth-order valence-corrected chi connectivity index (χ4v) is 5.64. The summed E-state index contributed by atoms with van der Waals surface area (Å²) in [7, 11) is 2.05. The zero-order chi connectivity index (χ0) is 33.5. The number of hydrogen-bond acceptors (Lipinski definition) is 7. The van der Waals surface area contributed by atoms with E-state index >= 15 is 0 Å². The number of aromatic carboxylic acids is 1. The van der Waals surface area contributed by atoms with E-state index in [1.165, 1.54) is 41.4 Å². The van der Waals surface area contributed by atoms with Crippen LogP contribution >= 0.6 is 11.6 Å². The monoisotopic (exact) mass is 669 g/mol. The molecule has 0 saturated carbocycles. The van der Waals surface area contributed by atoms with Crippen molar-refractivity contribution in [1.82, 2.24) is 28.9 Å². The summed E-state index contributed by atoms with van der Waals surface area (Å²) >= 11 is 5.89. The summed E-state index contributed by atoms with van der Waals surface area (Å²) in [6.45, 7) is 4.64. The lowest BCUT2D eigenvalue weighted by Crippen LogP contribution is -2.45. The molecule has 47 heavy (non-hydrogen) atoms. The third kappa shape index (κ3) is 6.84. The van der Waals surface area contributed by atoms with Gasteiger partial charge in [-0.3, -0.25) is 9.69 Å². The number of benzene rings is 2. The molecule has 1 saturated heterocycles. The number of nitrogens with one attached hydrogen (secondary N) is 1. The van der Waals surface area contributed by atoms with E-state index in [1.54, 1.807) is 16.7 Å². The van der Waals surface area contributed by atoms with Crippen molar-refractivity contribution in [2.24, 2.45) is 0 Å². The zero-order valence-corrected chi connectivity index (χ0v) is 25.7. The predicted octanol–water partition coefficient (Wildman–Crippen LogP) is 5.75. The van der Waals surface area contributed by atoms with E-state index in [0.717, 1.165) is 44.5 Å². The average Bonchev–Trinajstić information content (AvgIpc) is 3.55. The maximum absolute atomic E-state index is 13.7. The summed E-state index contributed by atoms with van der Waals surface area (Å²) in [5.41, 5.74) is -0.523. The van der Waals surface area contributed by atoms with Gasteiger partial charge in [0.05, 0.1) is 16.1 Å². The van der Waals surface area contributed by atoms with Crippen molar-refractivity contribution in [2.75, 3.05) is 45.1 Å². The van der Waals surface area contributed by atoms with E-state index < -0.39 is 34.5 Å². The standard InChI is InChI=1S/C32H28ClF4N7O3/c1-41-8-10-42(11-9-41)12-13-43-18-24(30(46)47)28(45)22-14-19(2-5-27(22)43)23-16-38-31(39-21-3-4-26(34)25(33)15-21)40-29(23)44-7-6-20(17-44)32(35,36)37/h2-7,14-18H,8-13H2,1H3,(H,46,47)(H,38,39,40).